The molecule has 2 heterocycles. The Kier molecular flexibility index (Phi) is 4.02. The molecule has 0 aliphatic carbocycles. The van der Waals surface area contributed by atoms with E-state index in [-0.39, 0.29) is 5.28 Å². The molecule has 0 aliphatic rings. The molecular formula is C15H13Cl2N3S. The zero-order chi connectivity index (χ0) is 15.0. The lowest BCUT2D eigenvalue weighted by Crippen LogP contribution is -1.98. The summed E-state index contributed by atoms with van der Waals surface area (Å²) in [6.45, 7) is 4.12. The van der Waals surface area contributed by atoms with E-state index in [1.54, 1.807) is 11.3 Å². The summed E-state index contributed by atoms with van der Waals surface area (Å²) in [5.41, 5.74) is 1.90. The van der Waals surface area contributed by atoms with Crippen LogP contribution in [0.25, 0.3) is 10.2 Å². The average Bonchev–Trinajstić information content (AvgIpc) is 2.86. The minimum Gasteiger partial charge on any atom is -0.338 e. The van der Waals surface area contributed by atoms with E-state index >= 15 is 0 Å². The highest BCUT2D eigenvalue weighted by molar-refractivity contribution is 7.18. The van der Waals surface area contributed by atoms with Crippen molar-refractivity contribution in [2.75, 3.05) is 5.32 Å². The first-order chi connectivity index (χ1) is 10.1. The Balaban J connectivity index is 2.13. The number of benzene rings is 1. The molecule has 6 heteroatoms. The van der Waals surface area contributed by atoms with Gasteiger partial charge in [0.25, 0.3) is 0 Å². The first kappa shape index (κ1) is 14.6. The van der Waals surface area contributed by atoms with Gasteiger partial charge in [-0.1, -0.05) is 30.7 Å². The Morgan fingerprint density at radius 3 is 2.76 bits per heavy atom. The van der Waals surface area contributed by atoms with E-state index in [2.05, 4.69) is 28.3 Å². The summed E-state index contributed by atoms with van der Waals surface area (Å²) < 4.78 is 0. The molecule has 0 fully saturated rings. The number of halogens is 2. The van der Waals surface area contributed by atoms with Gasteiger partial charge in [0.2, 0.25) is 5.28 Å². The summed E-state index contributed by atoms with van der Waals surface area (Å²) in [4.78, 5) is 10.7. The Bertz CT molecular complexity index is 794. The maximum absolute atomic E-state index is 6.27. The van der Waals surface area contributed by atoms with Crippen molar-refractivity contribution in [3.05, 3.63) is 45.0 Å². The highest BCUT2D eigenvalue weighted by Gasteiger charge is 2.13. The number of para-hydroxylation sites is 1. The van der Waals surface area contributed by atoms with E-state index in [1.165, 1.54) is 4.88 Å². The molecule has 0 saturated heterocycles. The van der Waals surface area contributed by atoms with Crippen LogP contribution in [-0.2, 0) is 6.42 Å². The van der Waals surface area contributed by atoms with Gasteiger partial charge in [0.05, 0.1) is 16.1 Å². The van der Waals surface area contributed by atoms with E-state index in [1.807, 2.05) is 25.1 Å². The Morgan fingerprint density at radius 2 is 2.05 bits per heavy atom. The Labute approximate surface area is 137 Å². The van der Waals surface area contributed by atoms with Crippen LogP contribution in [0, 0.1) is 6.92 Å². The van der Waals surface area contributed by atoms with Crippen LogP contribution in [0.5, 0.6) is 0 Å². The number of aryl methyl sites for hydroxylation is 2. The zero-order valence-electron chi connectivity index (χ0n) is 11.6. The summed E-state index contributed by atoms with van der Waals surface area (Å²) in [6.07, 6.45) is 0.962. The fraction of sp³-hybridized carbons (Fsp3) is 0.200. The van der Waals surface area contributed by atoms with Crippen LogP contribution in [0.4, 0.5) is 11.5 Å². The number of nitrogens with one attached hydrogen (secondary N) is 1. The Hall–Kier alpha value is -1.36. The van der Waals surface area contributed by atoms with Gasteiger partial charge in [-0.15, -0.1) is 11.3 Å². The third-order valence-electron chi connectivity index (χ3n) is 3.23. The molecule has 1 aromatic carbocycles. The average molecular weight is 338 g/mol. The number of aromatic nitrogens is 2. The molecule has 0 spiro atoms. The number of hydrogen-bond acceptors (Lipinski definition) is 4. The number of anilines is 2. The number of nitrogens with zero attached hydrogens (tertiary/aromatic N) is 2. The highest BCUT2D eigenvalue weighted by Crippen LogP contribution is 2.34. The minimum atomic E-state index is 0.235. The van der Waals surface area contributed by atoms with Crippen molar-refractivity contribution < 1.29 is 0 Å². The van der Waals surface area contributed by atoms with Gasteiger partial charge in [0.1, 0.15) is 10.6 Å². The summed E-state index contributed by atoms with van der Waals surface area (Å²) in [5.74, 6) is 0.692. The van der Waals surface area contributed by atoms with E-state index in [0.717, 1.165) is 27.9 Å². The molecule has 21 heavy (non-hydrogen) atoms. The number of rotatable bonds is 3. The van der Waals surface area contributed by atoms with Gasteiger partial charge in [0, 0.05) is 4.88 Å². The molecular weight excluding hydrogens is 325 g/mol. The molecule has 3 nitrogen and oxygen atoms in total. The van der Waals surface area contributed by atoms with E-state index in [4.69, 9.17) is 23.2 Å². The standard InChI is InChI=1S/C15H13Cl2N3S/c1-3-9-7-10-13(19-15(17)20-14(10)21-9)18-12-8(2)5-4-6-11(12)16/h4-7H,3H2,1-2H3,(H,18,19,20). The monoisotopic (exact) mass is 337 g/mol. The molecule has 1 N–H and O–H groups in total. The summed E-state index contributed by atoms with van der Waals surface area (Å²) >= 11 is 13.9. The maximum Gasteiger partial charge on any atom is 0.225 e. The fourth-order valence-corrected chi connectivity index (χ4v) is 3.58. The third kappa shape index (κ3) is 2.84. The van der Waals surface area contributed by atoms with Crippen LogP contribution >= 0.6 is 34.5 Å². The first-order valence-electron chi connectivity index (χ1n) is 6.56. The van der Waals surface area contributed by atoms with Crippen molar-refractivity contribution in [1.82, 2.24) is 9.97 Å². The topological polar surface area (TPSA) is 37.8 Å². The molecule has 0 bridgehead atoms. The lowest BCUT2D eigenvalue weighted by atomic mass is 10.2. The summed E-state index contributed by atoms with van der Waals surface area (Å²) in [5, 5.41) is 5.17. The van der Waals surface area contributed by atoms with Crippen molar-refractivity contribution in [1.29, 1.82) is 0 Å². The highest BCUT2D eigenvalue weighted by atomic mass is 35.5. The SMILES string of the molecule is CCc1cc2c(Nc3c(C)cccc3Cl)nc(Cl)nc2s1. The van der Waals surface area contributed by atoms with E-state index in [9.17, 15) is 0 Å². The van der Waals surface area contributed by atoms with Crippen molar-refractivity contribution >= 4 is 56.3 Å². The molecule has 108 valence electrons. The molecule has 2 aromatic heterocycles. The molecule has 0 atom stereocenters. The zero-order valence-corrected chi connectivity index (χ0v) is 13.9. The predicted octanol–water partition coefficient (Wildman–Crippen LogP) is 5.61. The number of hydrogen-bond donors (Lipinski definition) is 1. The predicted molar refractivity (Wildman–Crippen MR) is 91.3 cm³/mol. The smallest absolute Gasteiger partial charge is 0.225 e. The molecule has 0 radical (unpaired) electrons. The van der Waals surface area contributed by atoms with Crippen LogP contribution in [0.15, 0.2) is 24.3 Å². The molecule has 3 rings (SSSR count). The second-order valence-corrected chi connectivity index (χ2v) is 6.54. The molecule has 3 aromatic rings. The van der Waals surface area contributed by atoms with Gasteiger partial charge < -0.3 is 5.32 Å². The van der Waals surface area contributed by atoms with Gasteiger partial charge in [-0.05, 0) is 42.6 Å². The normalized spacial score (nSPS) is 11.0. The number of thiophene rings is 1. The fourth-order valence-electron chi connectivity index (χ4n) is 2.12. The Morgan fingerprint density at radius 1 is 1.24 bits per heavy atom. The van der Waals surface area contributed by atoms with E-state index < -0.39 is 0 Å². The van der Waals surface area contributed by atoms with Crippen LogP contribution in [0.2, 0.25) is 10.3 Å². The van der Waals surface area contributed by atoms with Crippen LogP contribution in [-0.4, -0.2) is 9.97 Å². The van der Waals surface area contributed by atoms with Crippen LogP contribution in [0.1, 0.15) is 17.4 Å². The largest absolute Gasteiger partial charge is 0.338 e. The van der Waals surface area contributed by atoms with Crippen molar-refractivity contribution in [2.24, 2.45) is 0 Å². The van der Waals surface area contributed by atoms with Crippen molar-refractivity contribution in [2.45, 2.75) is 20.3 Å². The molecule has 0 amide bonds. The van der Waals surface area contributed by atoms with Gasteiger partial charge >= 0.3 is 0 Å². The van der Waals surface area contributed by atoms with Gasteiger partial charge in [-0.25, -0.2) is 4.98 Å². The molecule has 0 saturated carbocycles. The second-order valence-electron chi connectivity index (χ2n) is 4.68. The molecule has 0 unspecified atom stereocenters. The minimum absolute atomic E-state index is 0.235. The lowest BCUT2D eigenvalue weighted by molar-refractivity contribution is 1.19. The summed E-state index contributed by atoms with van der Waals surface area (Å²) in [6, 6.07) is 7.87. The maximum atomic E-state index is 6.27. The van der Waals surface area contributed by atoms with Crippen LogP contribution in [0.3, 0.4) is 0 Å². The number of fused-ring (bicyclic) bond motifs is 1. The van der Waals surface area contributed by atoms with Crippen LogP contribution < -0.4 is 5.32 Å². The quantitative estimate of drug-likeness (QED) is 0.631. The third-order valence-corrected chi connectivity index (χ3v) is 4.89. The first-order valence-corrected chi connectivity index (χ1v) is 8.14. The summed E-state index contributed by atoms with van der Waals surface area (Å²) in [7, 11) is 0. The second kappa shape index (κ2) is 5.79. The van der Waals surface area contributed by atoms with E-state index in [0.29, 0.717) is 10.8 Å². The van der Waals surface area contributed by atoms with Gasteiger partial charge in [-0.3, -0.25) is 0 Å². The van der Waals surface area contributed by atoms with Crippen molar-refractivity contribution in [3.8, 4) is 0 Å². The van der Waals surface area contributed by atoms with Crippen molar-refractivity contribution in [3.63, 3.8) is 0 Å². The lowest BCUT2D eigenvalue weighted by Gasteiger charge is -2.11. The molecule has 0 aliphatic heterocycles. The van der Waals surface area contributed by atoms with Gasteiger partial charge in [0.15, 0.2) is 0 Å². The van der Waals surface area contributed by atoms with Gasteiger partial charge in [-0.2, -0.15) is 4.98 Å².